The van der Waals surface area contributed by atoms with Crippen molar-refractivity contribution in [3.8, 4) is 0 Å². The van der Waals surface area contributed by atoms with Crippen LogP contribution in [0, 0.1) is 5.41 Å². The second-order valence-corrected chi connectivity index (χ2v) is 4.62. The van der Waals surface area contributed by atoms with Gasteiger partial charge in [0, 0.05) is 31.3 Å². The third-order valence-corrected chi connectivity index (χ3v) is 3.50. The minimum atomic E-state index is -0.498. The SMILES string of the molecule is NCC1(C(=O)Nc2cnns2)CCOCC1. The van der Waals surface area contributed by atoms with E-state index in [-0.39, 0.29) is 5.91 Å². The highest BCUT2D eigenvalue weighted by Gasteiger charge is 2.38. The lowest BCUT2D eigenvalue weighted by molar-refractivity contribution is -0.130. The first-order chi connectivity index (χ1) is 7.77. The highest BCUT2D eigenvalue weighted by atomic mass is 32.1. The molecule has 1 amide bonds. The Kier molecular flexibility index (Phi) is 3.47. The molecule has 0 unspecified atom stereocenters. The zero-order valence-electron chi connectivity index (χ0n) is 8.81. The molecule has 1 saturated heterocycles. The van der Waals surface area contributed by atoms with Crippen LogP contribution in [0.15, 0.2) is 6.20 Å². The van der Waals surface area contributed by atoms with Gasteiger partial charge in [0.1, 0.15) is 5.00 Å². The Bertz CT molecular complexity index is 348. The van der Waals surface area contributed by atoms with E-state index in [1.54, 1.807) is 0 Å². The van der Waals surface area contributed by atoms with Gasteiger partial charge in [-0.05, 0) is 12.8 Å². The Morgan fingerprint density at radius 3 is 2.94 bits per heavy atom. The second-order valence-electron chi connectivity index (χ2n) is 3.83. The van der Waals surface area contributed by atoms with Crippen molar-refractivity contribution in [2.45, 2.75) is 12.8 Å². The summed E-state index contributed by atoms with van der Waals surface area (Å²) in [4.78, 5) is 12.1. The predicted molar refractivity (Wildman–Crippen MR) is 60.1 cm³/mol. The van der Waals surface area contributed by atoms with Gasteiger partial charge in [-0.1, -0.05) is 4.49 Å². The van der Waals surface area contributed by atoms with Gasteiger partial charge < -0.3 is 15.8 Å². The van der Waals surface area contributed by atoms with E-state index in [0.717, 1.165) is 11.5 Å². The predicted octanol–water partition coefficient (Wildman–Crippen LogP) is 0.232. The van der Waals surface area contributed by atoms with Crippen LogP contribution in [0.2, 0.25) is 0 Å². The van der Waals surface area contributed by atoms with Crippen molar-refractivity contribution in [3.05, 3.63) is 6.20 Å². The van der Waals surface area contributed by atoms with E-state index in [0.29, 0.717) is 37.6 Å². The Balaban J connectivity index is 2.06. The third kappa shape index (κ3) is 2.21. The smallest absolute Gasteiger partial charge is 0.232 e. The maximum absolute atomic E-state index is 12.1. The molecule has 1 aromatic rings. The monoisotopic (exact) mass is 242 g/mol. The van der Waals surface area contributed by atoms with E-state index in [1.165, 1.54) is 6.20 Å². The molecule has 0 saturated carbocycles. The molecule has 0 radical (unpaired) electrons. The minimum absolute atomic E-state index is 0.0515. The van der Waals surface area contributed by atoms with Crippen molar-refractivity contribution in [2.24, 2.45) is 11.1 Å². The summed E-state index contributed by atoms with van der Waals surface area (Å²) >= 11 is 1.16. The molecule has 0 aliphatic carbocycles. The van der Waals surface area contributed by atoms with Gasteiger partial charge in [0.25, 0.3) is 0 Å². The molecule has 1 fully saturated rings. The first-order valence-corrected chi connectivity index (χ1v) is 5.91. The second kappa shape index (κ2) is 4.86. The number of anilines is 1. The number of hydrogen-bond acceptors (Lipinski definition) is 6. The molecule has 0 spiro atoms. The summed E-state index contributed by atoms with van der Waals surface area (Å²) in [6, 6.07) is 0. The van der Waals surface area contributed by atoms with Crippen LogP contribution in [0.25, 0.3) is 0 Å². The zero-order chi connectivity index (χ0) is 11.4. The number of rotatable bonds is 3. The number of ether oxygens (including phenoxy) is 1. The number of nitrogens with one attached hydrogen (secondary N) is 1. The lowest BCUT2D eigenvalue weighted by Gasteiger charge is -2.34. The Morgan fingerprint density at radius 2 is 2.38 bits per heavy atom. The summed E-state index contributed by atoms with van der Waals surface area (Å²) in [5, 5.41) is 7.13. The summed E-state index contributed by atoms with van der Waals surface area (Å²) in [6.45, 7) is 1.52. The maximum Gasteiger partial charge on any atom is 0.232 e. The molecule has 2 heterocycles. The van der Waals surface area contributed by atoms with Crippen LogP contribution < -0.4 is 11.1 Å². The molecule has 0 atom stereocenters. The average Bonchev–Trinajstić information content (AvgIpc) is 2.82. The Morgan fingerprint density at radius 1 is 1.62 bits per heavy atom. The fraction of sp³-hybridized carbons (Fsp3) is 0.667. The number of amides is 1. The molecular formula is C9H14N4O2S. The first-order valence-electron chi connectivity index (χ1n) is 5.13. The lowest BCUT2D eigenvalue weighted by atomic mass is 9.79. The average molecular weight is 242 g/mol. The molecular weight excluding hydrogens is 228 g/mol. The minimum Gasteiger partial charge on any atom is -0.381 e. The summed E-state index contributed by atoms with van der Waals surface area (Å²) in [6.07, 6.45) is 2.87. The van der Waals surface area contributed by atoms with E-state index in [2.05, 4.69) is 14.9 Å². The molecule has 3 N–H and O–H groups in total. The summed E-state index contributed by atoms with van der Waals surface area (Å²) in [5.41, 5.74) is 5.23. The van der Waals surface area contributed by atoms with Crippen LogP contribution in [0.1, 0.15) is 12.8 Å². The summed E-state index contributed by atoms with van der Waals surface area (Å²) in [5.74, 6) is -0.0515. The number of nitrogens with two attached hydrogens (primary N) is 1. The van der Waals surface area contributed by atoms with Crippen LogP contribution in [-0.4, -0.2) is 35.3 Å². The quantitative estimate of drug-likeness (QED) is 0.792. The molecule has 0 bridgehead atoms. The molecule has 2 rings (SSSR count). The molecule has 7 heteroatoms. The molecule has 0 aromatic carbocycles. The van der Waals surface area contributed by atoms with Gasteiger partial charge in [0.15, 0.2) is 0 Å². The van der Waals surface area contributed by atoms with Gasteiger partial charge >= 0.3 is 0 Å². The Hall–Kier alpha value is -1.05. The van der Waals surface area contributed by atoms with Gasteiger partial charge in [-0.3, -0.25) is 4.79 Å². The fourth-order valence-corrected chi connectivity index (χ4v) is 2.17. The largest absolute Gasteiger partial charge is 0.381 e. The molecule has 1 aliphatic heterocycles. The van der Waals surface area contributed by atoms with Gasteiger partial charge in [0.05, 0.1) is 11.6 Å². The van der Waals surface area contributed by atoms with E-state index in [4.69, 9.17) is 10.5 Å². The summed E-state index contributed by atoms with van der Waals surface area (Å²) < 4.78 is 8.94. The maximum atomic E-state index is 12.1. The van der Waals surface area contributed by atoms with Crippen molar-refractivity contribution in [1.29, 1.82) is 0 Å². The van der Waals surface area contributed by atoms with Gasteiger partial charge in [-0.25, -0.2) is 0 Å². The van der Waals surface area contributed by atoms with Crippen LogP contribution in [0.5, 0.6) is 0 Å². The third-order valence-electron chi connectivity index (χ3n) is 2.92. The zero-order valence-corrected chi connectivity index (χ0v) is 9.63. The van der Waals surface area contributed by atoms with E-state index < -0.39 is 5.41 Å². The highest BCUT2D eigenvalue weighted by Crippen LogP contribution is 2.31. The standard InChI is InChI=1S/C9H14N4O2S/c10-6-9(1-3-15-4-2-9)8(14)12-7-5-11-13-16-7/h5H,1-4,6,10H2,(H,12,14). The first kappa shape index (κ1) is 11.4. The van der Waals surface area contributed by atoms with Crippen LogP contribution in [0.3, 0.4) is 0 Å². The van der Waals surface area contributed by atoms with Crippen molar-refractivity contribution in [2.75, 3.05) is 25.1 Å². The molecule has 6 nitrogen and oxygen atoms in total. The van der Waals surface area contributed by atoms with Crippen molar-refractivity contribution < 1.29 is 9.53 Å². The van der Waals surface area contributed by atoms with E-state index in [9.17, 15) is 4.79 Å². The van der Waals surface area contributed by atoms with E-state index in [1.807, 2.05) is 0 Å². The van der Waals surface area contributed by atoms with Crippen molar-refractivity contribution in [3.63, 3.8) is 0 Å². The number of carbonyl (C=O) groups is 1. The van der Waals surface area contributed by atoms with Crippen LogP contribution >= 0.6 is 11.5 Å². The number of aromatic nitrogens is 2. The topological polar surface area (TPSA) is 90.1 Å². The number of carbonyl (C=O) groups excluding carboxylic acids is 1. The van der Waals surface area contributed by atoms with Gasteiger partial charge in [-0.2, -0.15) is 0 Å². The fourth-order valence-electron chi connectivity index (χ4n) is 1.75. The molecule has 16 heavy (non-hydrogen) atoms. The number of hydrogen-bond donors (Lipinski definition) is 2. The normalized spacial score (nSPS) is 19.3. The van der Waals surface area contributed by atoms with Gasteiger partial charge in [0.2, 0.25) is 5.91 Å². The van der Waals surface area contributed by atoms with Gasteiger partial charge in [-0.15, -0.1) is 5.10 Å². The van der Waals surface area contributed by atoms with Crippen molar-refractivity contribution >= 4 is 22.4 Å². The van der Waals surface area contributed by atoms with Crippen LogP contribution in [-0.2, 0) is 9.53 Å². The number of nitrogens with zero attached hydrogens (tertiary/aromatic N) is 2. The summed E-state index contributed by atoms with van der Waals surface area (Å²) in [7, 11) is 0. The molecule has 1 aromatic heterocycles. The molecule has 1 aliphatic rings. The van der Waals surface area contributed by atoms with Crippen LogP contribution in [0.4, 0.5) is 5.00 Å². The lowest BCUT2D eigenvalue weighted by Crippen LogP contribution is -2.46. The molecule has 88 valence electrons. The van der Waals surface area contributed by atoms with Crippen molar-refractivity contribution in [1.82, 2.24) is 9.59 Å². The Labute approximate surface area is 97.3 Å². The van der Waals surface area contributed by atoms with E-state index >= 15 is 0 Å². The highest BCUT2D eigenvalue weighted by molar-refractivity contribution is 7.10.